The third kappa shape index (κ3) is 2.22. The molecule has 0 spiro atoms. The summed E-state index contributed by atoms with van der Waals surface area (Å²) in [6.07, 6.45) is -3.06. The average molecular weight is 327 g/mol. The molecule has 0 N–H and O–H groups in total. The van der Waals surface area contributed by atoms with Crippen LogP contribution >= 0.6 is 0 Å². The fourth-order valence-corrected chi connectivity index (χ4v) is 2.91. The summed E-state index contributed by atoms with van der Waals surface area (Å²) in [5.41, 5.74) is 0.421. The van der Waals surface area contributed by atoms with Crippen LogP contribution in [0.15, 0.2) is 54.7 Å². The van der Waals surface area contributed by atoms with E-state index in [1.807, 2.05) is 30.3 Å². The van der Waals surface area contributed by atoms with Crippen molar-refractivity contribution in [1.82, 2.24) is 14.6 Å². The molecule has 0 aliphatic heterocycles. The smallest absolute Gasteiger partial charge is 0.233 e. The summed E-state index contributed by atoms with van der Waals surface area (Å²) in [5.74, 6) is 0. The van der Waals surface area contributed by atoms with Crippen molar-refractivity contribution >= 4 is 16.4 Å². The Balaban J connectivity index is 2.17. The molecular weight excluding hydrogens is 315 g/mol. The standard InChI is InChI=1S/C18H12F3N3/c1-11-9-10-24-17(22-11)15(16(23-24)18(19,20)21)14-8-4-6-12-5-2-3-7-13(12)14/h2-10H,1H3. The van der Waals surface area contributed by atoms with Crippen molar-refractivity contribution in [2.24, 2.45) is 0 Å². The lowest BCUT2D eigenvalue weighted by molar-refractivity contribution is -0.140. The van der Waals surface area contributed by atoms with Crippen molar-refractivity contribution < 1.29 is 13.2 Å². The first kappa shape index (κ1) is 14.7. The van der Waals surface area contributed by atoms with E-state index in [1.165, 1.54) is 10.7 Å². The van der Waals surface area contributed by atoms with E-state index in [0.717, 1.165) is 10.8 Å². The number of aryl methyl sites for hydroxylation is 1. The molecule has 120 valence electrons. The summed E-state index contributed by atoms with van der Waals surface area (Å²) in [6, 6.07) is 14.3. The first-order chi connectivity index (χ1) is 11.4. The topological polar surface area (TPSA) is 30.2 Å². The Bertz CT molecular complexity index is 1060. The second-order valence-corrected chi connectivity index (χ2v) is 5.59. The fourth-order valence-electron chi connectivity index (χ4n) is 2.91. The minimum atomic E-state index is -4.56. The molecule has 2 aromatic carbocycles. The van der Waals surface area contributed by atoms with Crippen LogP contribution in [0.1, 0.15) is 11.4 Å². The van der Waals surface area contributed by atoms with Crippen molar-refractivity contribution in [3.05, 3.63) is 66.1 Å². The summed E-state index contributed by atoms with van der Waals surface area (Å²) >= 11 is 0. The van der Waals surface area contributed by atoms with Gasteiger partial charge in [-0.3, -0.25) is 0 Å². The summed E-state index contributed by atoms with van der Waals surface area (Å²) < 4.78 is 41.9. The predicted octanol–water partition coefficient (Wildman–Crippen LogP) is 4.88. The van der Waals surface area contributed by atoms with Crippen LogP contribution in [0.5, 0.6) is 0 Å². The molecule has 24 heavy (non-hydrogen) atoms. The van der Waals surface area contributed by atoms with E-state index in [4.69, 9.17) is 0 Å². The maximum Gasteiger partial charge on any atom is 0.435 e. The SMILES string of the molecule is Cc1ccn2nc(C(F)(F)F)c(-c3cccc4ccccc34)c2n1. The van der Waals surface area contributed by atoms with Gasteiger partial charge in [0.25, 0.3) is 0 Å². The molecule has 0 amide bonds. The van der Waals surface area contributed by atoms with Crippen LogP contribution in [0.4, 0.5) is 13.2 Å². The molecule has 3 nitrogen and oxygen atoms in total. The second-order valence-electron chi connectivity index (χ2n) is 5.59. The molecule has 0 bridgehead atoms. The molecule has 6 heteroatoms. The fraction of sp³-hybridized carbons (Fsp3) is 0.111. The van der Waals surface area contributed by atoms with E-state index in [9.17, 15) is 13.2 Å². The summed E-state index contributed by atoms with van der Waals surface area (Å²) in [5, 5.41) is 5.35. The van der Waals surface area contributed by atoms with E-state index >= 15 is 0 Å². The number of fused-ring (bicyclic) bond motifs is 2. The normalized spacial score (nSPS) is 12.2. The lowest BCUT2D eigenvalue weighted by Crippen LogP contribution is -2.07. The Labute approximate surface area is 135 Å². The molecule has 0 aliphatic rings. The maximum absolute atomic E-state index is 13.6. The van der Waals surface area contributed by atoms with Gasteiger partial charge in [0, 0.05) is 11.9 Å². The van der Waals surface area contributed by atoms with Crippen LogP contribution in [0.25, 0.3) is 27.5 Å². The second kappa shape index (κ2) is 5.06. The number of benzene rings is 2. The van der Waals surface area contributed by atoms with Crippen LogP contribution < -0.4 is 0 Å². The van der Waals surface area contributed by atoms with Gasteiger partial charge in [0.2, 0.25) is 0 Å². The van der Waals surface area contributed by atoms with Gasteiger partial charge in [-0.2, -0.15) is 18.3 Å². The van der Waals surface area contributed by atoms with E-state index in [1.54, 1.807) is 25.1 Å². The highest BCUT2D eigenvalue weighted by molar-refractivity contribution is 6.00. The zero-order valence-electron chi connectivity index (χ0n) is 12.7. The molecule has 4 aromatic rings. The van der Waals surface area contributed by atoms with Gasteiger partial charge in [0.15, 0.2) is 11.3 Å². The van der Waals surface area contributed by atoms with Gasteiger partial charge in [0.05, 0.1) is 5.56 Å². The molecule has 0 atom stereocenters. The van der Waals surface area contributed by atoms with Crippen LogP contribution in [-0.4, -0.2) is 14.6 Å². The minimum Gasteiger partial charge on any atom is -0.233 e. The van der Waals surface area contributed by atoms with Gasteiger partial charge in [-0.15, -0.1) is 0 Å². The third-order valence-corrected chi connectivity index (χ3v) is 3.95. The van der Waals surface area contributed by atoms with Gasteiger partial charge in [-0.25, -0.2) is 9.50 Å². The van der Waals surface area contributed by atoms with E-state index in [-0.39, 0.29) is 11.2 Å². The number of hydrogen-bond acceptors (Lipinski definition) is 2. The quantitative estimate of drug-likeness (QED) is 0.499. The van der Waals surface area contributed by atoms with Crippen LogP contribution in [0.3, 0.4) is 0 Å². The third-order valence-electron chi connectivity index (χ3n) is 3.95. The van der Waals surface area contributed by atoms with Crippen molar-refractivity contribution in [2.45, 2.75) is 13.1 Å². The molecule has 0 saturated carbocycles. The van der Waals surface area contributed by atoms with Gasteiger partial charge < -0.3 is 0 Å². The average Bonchev–Trinajstić information content (AvgIpc) is 2.93. The number of alkyl halides is 3. The molecule has 0 aliphatic carbocycles. The Morgan fingerprint density at radius 3 is 2.50 bits per heavy atom. The Morgan fingerprint density at radius 1 is 0.958 bits per heavy atom. The highest BCUT2D eigenvalue weighted by Crippen LogP contribution is 2.40. The first-order valence-corrected chi connectivity index (χ1v) is 7.36. The zero-order chi connectivity index (χ0) is 16.9. The van der Waals surface area contributed by atoms with Gasteiger partial charge >= 0.3 is 6.18 Å². The molecule has 2 aromatic heterocycles. The van der Waals surface area contributed by atoms with E-state index in [2.05, 4.69) is 10.1 Å². The molecule has 4 rings (SSSR count). The summed E-state index contributed by atoms with van der Waals surface area (Å²) in [6.45, 7) is 1.74. The molecule has 0 saturated heterocycles. The van der Waals surface area contributed by atoms with Crippen molar-refractivity contribution in [2.75, 3.05) is 0 Å². The Hall–Kier alpha value is -2.89. The molecule has 2 heterocycles. The highest BCUT2D eigenvalue weighted by atomic mass is 19.4. The van der Waals surface area contributed by atoms with Crippen molar-refractivity contribution in [3.63, 3.8) is 0 Å². The Kier molecular flexibility index (Phi) is 3.09. The van der Waals surface area contributed by atoms with Crippen molar-refractivity contribution in [1.29, 1.82) is 0 Å². The minimum absolute atomic E-state index is 0.0167. The molecule has 0 unspecified atom stereocenters. The number of rotatable bonds is 1. The van der Waals surface area contributed by atoms with Crippen LogP contribution in [-0.2, 0) is 6.18 Å². The number of hydrogen-bond donors (Lipinski definition) is 0. The zero-order valence-corrected chi connectivity index (χ0v) is 12.7. The molecule has 0 radical (unpaired) electrons. The molecular formula is C18H12F3N3. The maximum atomic E-state index is 13.6. The number of aromatic nitrogens is 3. The van der Waals surface area contributed by atoms with Crippen molar-refractivity contribution in [3.8, 4) is 11.1 Å². The lowest BCUT2D eigenvalue weighted by atomic mass is 9.98. The Morgan fingerprint density at radius 2 is 1.71 bits per heavy atom. The molecule has 0 fully saturated rings. The summed E-state index contributed by atoms with van der Waals surface area (Å²) in [4.78, 5) is 4.29. The van der Waals surface area contributed by atoms with E-state index in [0.29, 0.717) is 11.3 Å². The van der Waals surface area contributed by atoms with Crippen LogP contribution in [0, 0.1) is 6.92 Å². The van der Waals surface area contributed by atoms with Gasteiger partial charge in [-0.05, 0) is 29.3 Å². The van der Waals surface area contributed by atoms with Gasteiger partial charge in [-0.1, -0.05) is 42.5 Å². The summed E-state index contributed by atoms with van der Waals surface area (Å²) in [7, 11) is 0. The number of halogens is 3. The predicted molar refractivity (Wildman–Crippen MR) is 85.7 cm³/mol. The van der Waals surface area contributed by atoms with Gasteiger partial charge in [0.1, 0.15) is 0 Å². The van der Waals surface area contributed by atoms with E-state index < -0.39 is 11.9 Å². The largest absolute Gasteiger partial charge is 0.435 e. The first-order valence-electron chi connectivity index (χ1n) is 7.36. The highest BCUT2D eigenvalue weighted by Gasteiger charge is 2.39. The monoisotopic (exact) mass is 327 g/mol. The van der Waals surface area contributed by atoms with Crippen LogP contribution in [0.2, 0.25) is 0 Å². The lowest BCUT2D eigenvalue weighted by Gasteiger charge is -2.09. The number of nitrogens with zero attached hydrogens (tertiary/aromatic N) is 3.